The molecule has 1 rings (SSSR count). The summed E-state index contributed by atoms with van der Waals surface area (Å²) in [6, 6.07) is -2.58. The van der Waals surface area contributed by atoms with Crippen LogP contribution < -0.4 is 0 Å². The molecule has 1 fully saturated rings. The first kappa shape index (κ1) is 12.3. The molecule has 0 aromatic heterocycles. The molecule has 0 bridgehead atoms. The first-order valence-corrected chi connectivity index (χ1v) is 4.01. The summed E-state index contributed by atoms with van der Waals surface area (Å²) in [5, 5.41) is 16.9. The highest BCUT2D eigenvalue weighted by molar-refractivity contribution is 6.05. The number of imide groups is 1. The van der Waals surface area contributed by atoms with Gasteiger partial charge in [-0.25, -0.2) is 9.69 Å². The topological polar surface area (TPSA) is 94.9 Å². The number of carboxylic acids is 1. The number of likely N-dealkylation sites (tertiary alicyclic amines) is 1. The second-order valence-corrected chi connectivity index (χ2v) is 3.17. The molecule has 16 heavy (non-hydrogen) atoms. The van der Waals surface area contributed by atoms with Gasteiger partial charge in [0.05, 0.1) is 0 Å². The molecule has 1 heterocycles. The summed E-state index contributed by atoms with van der Waals surface area (Å²) in [7, 11) is 0. The van der Waals surface area contributed by atoms with Crippen LogP contribution in [0.1, 0.15) is 6.42 Å². The summed E-state index contributed by atoms with van der Waals surface area (Å²) in [5.74, 6) is -5.27. The summed E-state index contributed by atoms with van der Waals surface area (Å²) >= 11 is 0. The minimum absolute atomic E-state index is 0.473. The second kappa shape index (κ2) is 3.65. The number of amides is 2. The van der Waals surface area contributed by atoms with Crippen molar-refractivity contribution in [3.63, 3.8) is 0 Å². The summed E-state index contributed by atoms with van der Waals surface area (Å²) in [5.41, 5.74) is 0. The van der Waals surface area contributed by atoms with E-state index in [9.17, 15) is 27.6 Å². The Kier molecular flexibility index (Phi) is 2.80. The van der Waals surface area contributed by atoms with E-state index in [0.717, 1.165) is 0 Å². The molecular formula is C7H6F3NO5. The summed E-state index contributed by atoms with van der Waals surface area (Å²) in [6.07, 6.45) is -8.14. The van der Waals surface area contributed by atoms with Gasteiger partial charge in [-0.3, -0.25) is 9.59 Å². The third-order valence-corrected chi connectivity index (χ3v) is 2.19. The van der Waals surface area contributed by atoms with Gasteiger partial charge in [0, 0.05) is 0 Å². The predicted octanol–water partition coefficient (Wildman–Crippen LogP) is 0.528. The number of aliphatic carboxylic acids is 1. The molecule has 0 radical (unpaired) electrons. The van der Waals surface area contributed by atoms with E-state index < -0.39 is 47.4 Å². The lowest BCUT2D eigenvalue weighted by Crippen LogP contribution is -2.46. The fourth-order valence-electron chi connectivity index (χ4n) is 1.47. The van der Waals surface area contributed by atoms with Crippen LogP contribution in [0.4, 0.5) is 18.0 Å². The van der Waals surface area contributed by atoms with Gasteiger partial charge in [-0.05, 0) is 6.42 Å². The quantitative estimate of drug-likeness (QED) is 0.653. The van der Waals surface area contributed by atoms with Gasteiger partial charge in [-0.15, -0.1) is 0 Å². The molecular weight excluding hydrogens is 235 g/mol. The number of carboxylic acid groups (broad SMARTS) is 2. The maximum absolute atomic E-state index is 12.3. The van der Waals surface area contributed by atoms with Crippen molar-refractivity contribution >= 4 is 18.0 Å². The van der Waals surface area contributed by atoms with Crippen molar-refractivity contribution in [1.29, 1.82) is 0 Å². The van der Waals surface area contributed by atoms with E-state index in [1.165, 1.54) is 0 Å². The largest absolute Gasteiger partial charge is 0.481 e. The summed E-state index contributed by atoms with van der Waals surface area (Å²) in [4.78, 5) is 31.5. The number of alkyl halides is 3. The number of hydrogen-bond donors (Lipinski definition) is 2. The van der Waals surface area contributed by atoms with Gasteiger partial charge >= 0.3 is 18.2 Å². The Morgan fingerprint density at radius 2 is 1.81 bits per heavy atom. The van der Waals surface area contributed by atoms with Gasteiger partial charge < -0.3 is 10.2 Å². The van der Waals surface area contributed by atoms with Crippen LogP contribution >= 0.6 is 0 Å². The summed E-state index contributed by atoms with van der Waals surface area (Å²) in [6.45, 7) is 0. The van der Waals surface area contributed by atoms with Crippen molar-refractivity contribution in [3.05, 3.63) is 0 Å². The van der Waals surface area contributed by atoms with Gasteiger partial charge in [0.2, 0.25) is 5.91 Å². The molecule has 9 heteroatoms. The molecule has 1 aliphatic rings. The molecule has 2 atom stereocenters. The van der Waals surface area contributed by atoms with E-state index in [0.29, 0.717) is 0 Å². The van der Waals surface area contributed by atoms with Crippen LogP contribution in [0, 0.1) is 5.92 Å². The second-order valence-electron chi connectivity index (χ2n) is 3.17. The zero-order chi connectivity index (χ0) is 12.7. The molecule has 0 aromatic carbocycles. The van der Waals surface area contributed by atoms with Crippen molar-refractivity contribution in [3.8, 4) is 0 Å². The molecule has 1 saturated heterocycles. The van der Waals surface area contributed by atoms with Crippen molar-refractivity contribution < 1.29 is 37.8 Å². The maximum atomic E-state index is 12.3. The zero-order valence-corrected chi connectivity index (χ0v) is 7.56. The minimum Gasteiger partial charge on any atom is -0.481 e. The number of carbonyl (C=O) groups excluding carboxylic acids is 1. The molecule has 6 nitrogen and oxygen atoms in total. The van der Waals surface area contributed by atoms with Crippen molar-refractivity contribution in [2.24, 2.45) is 5.92 Å². The molecule has 0 spiro atoms. The van der Waals surface area contributed by atoms with E-state index in [4.69, 9.17) is 10.2 Å². The SMILES string of the molecule is O=C(O)C1CC(C(F)(F)F)N(C(=O)O)C1=O. The third-order valence-electron chi connectivity index (χ3n) is 2.19. The van der Waals surface area contributed by atoms with E-state index in [-0.39, 0.29) is 0 Å². The molecule has 1 aliphatic heterocycles. The lowest BCUT2D eigenvalue weighted by atomic mass is 10.1. The van der Waals surface area contributed by atoms with Crippen LogP contribution in [0.3, 0.4) is 0 Å². The van der Waals surface area contributed by atoms with Gasteiger partial charge in [0.1, 0.15) is 12.0 Å². The maximum Gasteiger partial charge on any atom is 0.414 e. The molecule has 0 aliphatic carbocycles. The van der Waals surface area contributed by atoms with E-state index >= 15 is 0 Å². The molecule has 90 valence electrons. The van der Waals surface area contributed by atoms with Gasteiger partial charge in [-0.1, -0.05) is 0 Å². The van der Waals surface area contributed by atoms with Crippen molar-refractivity contribution in [1.82, 2.24) is 4.90 Å². The number of nitrogens with zero attached hydrogens (tertiary/aromatic N) is 1. The van der Waals surface area contributed by atoms with Crippen molar-refractivity contribution in [2.75, 3.05) is 0 Å². The van der Waals surface area contributed by atoms with E-state index in [2.05, 4.69) is 0 Å². The first-order valence-electron chi connectivity index (χ1n) is 4.01. The Morgan fingerprint density at radius 1 is 1.31 bits per heavy atom. The Balaban J connectivity index is 3.07. The van der Waals surface area contributed by atoms with Crippen LogP contribution in [-0.4, -0.2) is 45.3 Å². The predicted molar refractivity (Wildman–Crippen MR) is 40.5 cm³/mol. The van der Waals surface area contributed by atoms with E-state index in [1.807, 2.05) is 0 Å². The first-order chi connectivity index (χ1) is 7.16. The summed E-state index contributed by atoms with van der Waals surface area (Å²) < 4.78 is 37.0. The number of halogens is 3. The van der Waals surface area contributed by atoms with Gasteiger partial charge in [-0.2, -0.15) is 13.2 Å². The van der Waals surface area contributed by atoms with E-state index in [1.54, 1.807) is 0 Å². The fraction of sp³-hybridized carbons (Fsp3) is 0.571. The smallest absolute Gasteiger partial charge is 0.414 e. The Labute approximate surface area is 86.3 Å². The highest BCUT2D eigenvalue weighted by Crippen LogP contribution is 2.36. The monoisotopic (exact) mass is 241 g/mol. The average Bonchev–Trinajstić information content (AvgIpc) is 2.41. The highest BCUT2D eigenvalue weighted by Gasteiger charge is 2.57. The lowest BCUT2D eigenvalue weighted by Gasteiger charge is -2.21. The zero-order valence-electron chi connectivity index (χ0n) is 7.56. The third kappa shape index (κ3) is 1.92. The number of carbonyl (C=O) groups is 3. The van der Waals surface area contributed by atoms with Crippen LogP contribution in [0.25, 0.3) is 0 Å². The minimum atomic E-state index is -4.96. The van der Waals surface area contributed by atoms with Gasteiger partial charge in [0.25, 0.3) is 0 Å². The molecule has 0 saturated carbocycles. The van der Waals surface area contributed by atoms with Gasteiger partial charge in [0.15, 0.2) is 0 Å². The van der Waals surface area contributed by atoms with Crippen LogP contribution in [0.15, 0.2) is 0 Å². The Hall–Kier alpha value is -1.80. The normalized spacial score (nSPS) is 25.9. The standard InChI is InChI=1S/C7H6F3NO5/c8-7(9,10)3-1-2(5(13)14)4(12)11(3)6(15)16/h2-3H,1H2,(H,13,14)(H,15,16). The lowest BCUT2D eigenvalue weighted by molar-refractivity contribution is -0.175. The Bertz CT molecular complexity index is 352. The Morgan fingerprint density at radius 3 is 2.06 bits per heavy atom. The van der Waals surface area contributed by atoms with Crippen LogP contribution in [0.5, 0.6) is 0 Å². The molecule has 2 amide bonds. The molecule has 0 aromatic rings. The number of rotatable bonds is 1. The van der Waals surface area contributed by atoms with Crippen molar-refractivity contribution in [2.45, 2.75) is 18.6 Å². The van der Waals surface area contributed by atoms with Crippen LogP contribution in [-0.2, 0) is 9.59 Å². The van der Waals surface area contributed by atoms with Crippen LogP contribution in [0.2, 0.25) is 0 Å². The molecule has 2 N–H and O–H groups in total. The fourth-order valence-corrected chi connectivity index (χ4v) is 1.47. The number of hydrogen-bond acceptors (Lipinski definition) is 3. The molecule has 2 unspecified atom stereocenters. The highest BCUT2D eigenvalue weighted by atomic mass is 19.4. The average molecular weight is 241 g/mol.